The highest BCUT2D eigenvalue weighted by Gasteiger charge is 2.27. The van der Waals surface area contributed by atoms with Crippen molar-refractivity contribution in [1.82, 2.24) is 4.90 Å². The number of piperidine rings is 1. The lowest BCUT2D eigenvalue weighted by Crippen LogP contribution is -2.44. The van der Waals surface area contributed by atoms with Crippen molar-refractivity contribution in [3.8, 4) is 0 Å². The molecule has 4 heteroatoms. The summed E-state index contributed by atoms with van der Waals surface area (Å²) in [5, 5.41) is 13.0. The zero-order valence-electron chi connectivity index (χ0n) is 12.5. The normalized spacial score (nSPS) is 22.7. The third kappa shape index (κ3) is 3.12. The molecule has 2 N–H and O–H groups in total. The van der Waals surface area contributed by atoms with Gasteiger partial charge in [0.1, 0.15) is 0 Å². The molecular weight excluding hydrogens is 252 g/mol. The van der Waals surface area contributed by atoms with Gasteiger partial charge in [-0.05, 0) is 49.9 Å². The van der Waals surface area contributed by atoms with Gasteiger partial charge in [-0.25, -0.2) is 0 Å². The fourth-order valence-corrected chi connectivity index (χ4v) is 2.69. The number of likely N-dealkylation sites (tertiary alicyclic amines) is 1. The lowest BCUT2D eigenvalue weighted by Gasteiger charge is -2.34. The monoisotopic (exact) mass is 276 g/mol. The highest BCUT2D eigenvalue weighted by Crippen LogP contribution is 2.21. The Bertz CT molecular complexity index is 487. The van der Waals surface area contributed by atoms with E-state index in [0.717, 1.165) is 23.4 Å². The molecule has 0 saturated carbocycles. The Morgan fingerprint density at radius 3 is 2.85 bits per heavy atom. The van der Waals surface area contributed by atoms with Gasteiger partial charge < -0.3 is 15.3 Å². The molecule has 1 fully saturated rings. The van der Waals surface area contributed by atoms with Crippen molar-refractivity contribution >= 4 is 11.6 Å². The molecule has 0 bridgehead atoms. The van der Waals surface area contributed by atoms with Crippen LogP contribution in [0.5, 0.6) is 0 Å². The molecule has 2 atom stereocenters. The van der Waals surface area contributed by atoms with Gasteiger partial charge in [0.15, 0.2) is 0 Å². The number of anilines is 1. The molecule has 1 aliphatic heterocycles. The van der Waals surface area contributed by atoms with Gasteiger partial charge in [0.25, 0.3) is 5.91 Å². The lowest BCUT2D eigenvalue weighted by atomic mass is 9.96. The predicted molar refractivity (Wildman–Crippen MR) is 81.0 cm³/mol. The van der Waals surface area contributed by atoms with E-state index >= 15 is 0 Å². The number of nitrogens with one attached hydrogen (secondary N) is 1. The number of benzene rings is 1. The first kappa shape index (κ1) is 14.9. The molecule has 0 aliphatic carbocycles. The van der Waals surface area contributed by atoms with E-state index in [2.05, 4.69) is 12.2 Å². The van der Waals surface area contributed by atoms with Crippen molar-refractivity contribution < 1.29 is 9.90 Å². The van der Waals surface area contributed by atoms with E-state index in [1.54, 1.807) is 0 Å². The molecule has 1 aliphatic rings. The van der Waals surface area contributed by atoms with Crippen LogP contribution in [0.2, 0.25) is 0 Å². The number of carbonyl (C=O) groups excluding carboxylic acids is 1. The van der Waals surface area contributed by atoms with Crippen LogP contribution in [0.15, 0.2) is 18.2 Å². The molecule has 1 saturated heterocycles. The molecule has 2 unspecified atom stereocenters. The lowest BCUT2D eigenvalue weighted by molar-refractivity contribution is 0.0297. The topological polar surface area (TPSA) is 52.6 Å². The molecule has 0 spiro atoms. The molecule has 1 heterocycles. The van der Waals surface area contributed by atoms with Gasteiger partial charge >= 0.3 is 0 Å². The number of amides is 1. The number of hydrogen-bond donors (Lipinski definition) is 2. The van der Waals surface area contributed by atoms with Gasteiger partial charge in [0, 0.05) is 30.9 Å². The van der Waals surface area contributed by atoms with Crippen LogP contribution in [0.25, 0.3) is 0 Å². The van der Waals surface area contributed by atoms with Crippen LogP contribution < -0.4 is 5.32 Å². The van der Waals surface area contributed by atoms with Crippen LogP contribution >= 0.6 is 0 Å². The van der Waals surface area contributed by atoms with E-state index in [-0.39, 0.29) is 17.9 Å². The van der Waals surface area contributed by atoms with Crippen LogP contribution in [0, 0.1) is 12.8 Å². The van der Waals surface area contributed by atoms with Crippen LogP contribution in [0.1, 0.15) is 36.2 Å². The Balaban J connectivity index is 2.11. The minimum atomic E-state index is -0.281. The van der Waals surface area contributed by atoms with E-state index in [0.29, 0.717) is 19.5 Å². The summed E-state index contributed by atoms with van der Waals surface area (Å²) in [4.78, 5) is 14.3. The smallest absolute Gasteiger partial charge is 0.253 e. The van der Waals surface area contributed by atoms with Crippen molar-refractivity contribution in [2.45, 2.75) is 33.3 Å². The minimum Gasteiger partial charge on any atom is -0.393 e. The third-order valence-corrected chi connectivity index (χ3v) is 3.99. The minimum absolute atomic E-state index is 0.0647. The van der Waals surface area contributed by atoms with Crippen molar-refractivity contribution in [3.05, 3.63) is 29.3 Å². The first-order valence-corrected chi connectivity index (χ1v) is 7.34. The van der Waals surface area contributed by atoms with Gasteiger partial charge in [0.05, 0.1) is 6.10 Å². The van der Waals surface area contributed by atoms with Crippen molar-refractivity contribution in [1.29, 1.82) is 0 Å². The van der Waals surface area contributed by atoms with E-state index < -0.39 is 0 Å². The summed E-state index contributed by atoms with van der Waals surface area (Å²) >= 11 is 0. The number of nitrogens with zero attached hydrogens (tertiary/aromatic N) is 1. The fraction of sp³-hybridized carbons (Fsp3) is 0.562. The molecule has 1 aromatic rings. The average Bonchev–Trinajstić information content (AvgIpc) is 2.43. The SMILES string of the molecule is CCNc1ccc(C(=O)N2CCC(O)C(C)C2)cc1C. The quantitative estimate of drug-likeness (QED) is 0.890. The number of aliphatic hydroxyl groups excluding tert-OH is 1. The Kier molecular flexibility index (Phi) is 4.65. The standard InChI is InChI=1S/C16H24N2O2/c1-4-17-14-6-5-13(9-11(14)2)16(20)18-8-7-15(19)12(3)10-18/h5-6,9,12,15,17,19H,4,7-8,10H2,1-3H3. The molecule has 2 rings (SSSR count). The number of hydrogen-bond acceptors (Lipinski definition) is 3. The summed E-state index contributed by atoms with van der Waals surface area (Å²) in [5.41, 5.74) is 2.89. The first-order chi connectivity index (χ1) is 9.52. The van der Waals surface area contributed by atoms with Gasteiger partial charge in [-0.3, -0.25) is 4.79 Å². The van der Waals surface area contributed by atoms with E-state index in [1.807, 2.05) is 36.9 Å². The molecular formula is C16H24N2O2. The maximum atomic E-state index is 12.5. The summed E-state index contributed by atoms with van der Waals surface area (Å²) in [5.74, 6) is 0.213. The highest BCUT2D eigenvalue weighted by molar-refractivity contribution is 5.95. The maximum absolute atomic E-state index is 12.5. The summed E-state index contributed by atoms with van der Waals surface area (Å²) < 4.78 is 0. The first-order valence-electron chi connectivity index (χ1n) is 7.34. The molecule has 110 valence electrons. The van der Waals surface area contributed by atoms with Crippen molar-refractivity contribution in [3.63, 3.8) is 0 Å². The Morgan fingerprint density at radius 1 is 1.50 bits per heavy atom. The maximum Gasteiger partial charge on any atom is 0.253 e. The second-order valence-corrected chi connectivity index (χ2v) is 5.64. The van der Waals surface area contributed by atoms with Crippen LogP contribution in [-0.4, -0.2) is 41.7 Å². The zero-order chi connectivity index (χ0) is 14.7. The largest absolute Gasteiger partial charge is 0.393 e. The van der Waals surface area contributed by atoms with Gasteiger partial charge in [-0.1, -0.05) is 6.92 Å². The second kappa shape index (κ2) is 6.27. The van der Waals surface area contributed by atoms with E-state index in [1.165, 1.54) is 0 Å². The summed E-state index contributed by atoms with van der Waals surface area (Å²) in [6, 6.07) is 5.79. The molecule has 20 heavy (non-hydrogen) atoms. The summed E-state index contributed by atoms with van der Waals surface area (Å²) in [6.07, 6.45) is 0.387. The molecule has 1 amide bonds. The molecule has 0 aromatic heterocycles. The molecule has 1 aromatic carbocycles. The molecule has 4 nitrogen and oxygen atoms in total. The predicted octanol–water partition coefficient (Wildman–Crippen LogP) is 2.27. The zero-order valence-corrected chi connectivity index (χ0v) is 12.5. The van der Waals surface area contributed by atoms with Crippen LogP contribution in [0.3, 0.4) is 0 Å². The third-order valence-electron chi connectivity index (χ3n) is 3.99. The van der Waals surface area contributed by atoms with Gasteiger partial charge in [0.2, 0.25) is 0 Å². The van der Waals surface area contributed by atoms with Gasteiger partial charge in [-0.2, -0.15) is 0 Å². The number of aryl methyl sites for hydroxylation is 1. The highest BCUT2D eigenvalue weighted by atomic mass is 16.3. The average molecular weight is 276 g/mol. The second-order valence-electron chi connectivity index (χ2n) is 5.64. The van der Waals surface area contributed by atoms with E-state index in [4.69, 9.17) is 0 Å². The van der Waals surface area contributed by atoms with Crippen molar-refractivity contribution in [2.24, 2.45) is 5.92 Å². The Hall–Kier alpha value is -1.55. The van der Waals surface area contributed by atoms with E-state index in [9.17, 15) is 9.90 Å². The van der Waals surface area contributed by atoms with Crippen molar-refractivity contribution in [2.75, 3.05) is 25.0 Å². The number of aliphatic hydroxyl groups is 1. The number of carbonyl (C=O) groups is 1. The number of rotatable bonds is 3. The summed E-state index contributed by atoms with van der Waals surface area (Å²) in [6.45, 7) is 8.20. The Labute approximate surface area is 120 Å². The Morgan fingerprint density at radius 2 is 2.25 bits per heavy atom. The van der Waals surface area contributed by atoms with Crippen LogP contribution in [0.4, 0.5) is 5.69 Å². The fourth-order valence-electron chi connectivity index (χ4n) is 2.69. The summed E-state index contributed by atoms with van der Waals surface area (Å²) in [7, 11) is 0. The molecule has 0 radical (unpaired) electrons. The van der Waals surface area contributed by atoms with Gasteiger partial charge in [-0.15, -0.1) is 0 Å². The van der Waals surface area contributed by atoms with Crippen LogP contribution in [-0.2, 0) is 0 Å².